The second-order valence-corrected chi connectivity index (χ2v) is 13.9. The molecule has 5 aromatic rings. The lowest BCUT2D eigenvalue weighted by Crippen LogP contribution is -2.46. The molecule has 2 unspecified atom stereocenters. The first kappa shape index (κ1) is 32.4. The summed E-state index contributed by atoms with van der Waals surface area (Å²) in [7, 11) is 0. The van der Waals surface area contributed by atoms with Gasteiger partial charge in [-0.1, -0.05) is 78.9 Å². The second kappa shape index (κ2) is 14.2. The number of nitrogens with one attached hydrogen (secondary N) is 2. The monoisotopic (exact) mass is 671 g/mol. The van der Waals surface area contributed by atoms with Crippen molar-refractivity contribution >= 4 is 11.9 Å². The molecule has 50 heavy (non-hydrogen) atoms. The van der Waals surface area contributed by atoms with E-state index >= 15 is 0 Å². The minimum Gasteiger partial charge on any atom is -0.393 e. The third-order valence-corrected chi connectivity index (χ3v) is 10.7. The maximum Gasteiger partial charge on any atom is 0.245 e. The zero-order valence-corrected chi connectivity index (χ0v) is 28.3. The summed E-state index contributed by atoms with van der Waals surface area (Å²) in [5.41, 5.74) is 7.30. The molecule has 5 heterocycles. The highest BCUT2D eigenvalue weighted by Crippen LogP contribution is 2.37. The van der Waals surface area contributed by atoms with Crippen molar-refractivity contribution in [1.82, 2.24) is 29.7 Å². The molecule has 0 radical (unpaired) electrons. The average molecular weight is 672 g/mol. The van der Waals surface area contributed by atoms with E-state index in [1.54, 1.807) is 0 Å². The van der Waals surface area contributed by atoms with Crippen LogP contribution in [0.2, 0.25) is 0 Å². The van der Waals surface area contributed by atoms with Crippen LogP contribution >= 0.6 is 0 Å². The van der Waals surface area contributed by atoms with Gasteiger partial charge < -0.3 is 30.0 Å². The van der Waals surface area contributed by atoms with Crippen molar-refractivity contribution in [2.24, 2.45) is 0 Å². The maximum absolute atomic E-state index is 14.3. The lowest BCUT2D eigenvalue weighted by Gasteiger charge is -2.38. The fraction of sp³-hybridized carbons (Fsp3) is 0.375. The lowest BCUT2D eigenvalue weighted by atomic mass is 9.99. The van der Waals surface area contributed by atoms with Gasteiger partial charge in [0.1, 0.15) is 11.9 Å². The molecule has 3 aliphatic heterocycles. The number of aromatic nitrogens is 4. The lowest BCUT2D eigenvalue weighted by molar-refractivity contribution is -0.139. The Morgan fingerprint density at radius 1 is 0.660 bits per heavy atom. The third kappa shape index (κ3) is 6.70. The normalized spacial score (nSPS) is 20.0. The average Bonchev–Trinajstić information content (AvgIpc) is 3.95. The van der Waals surface area contributed by atoms with Crippen LogP contribution in [0, 0.1) is 0 Å². The van der Waals surface area contributed by atoms with Crippen molar-refractivity contribution in [3.05, 3.63) is 103 Å². The Labute approximate surface area is 292 Å². The van der Waals surface area contributed by atoms with Crippen molar-refractivity contribution in [2.75, 3.05) is 37.6 Å². The number of carbonyl (C=O) groups is 1. The van der Waals surface area contributed by atoms with Gasteiger partial charge in [0.25, 0.3) is 0 Å². The molecule has 10 nitrogen and oxygen atoms in total. The number of carbonyl (C=O) groups excluding carboxylic acids is 1. The van der Waals surface area contributed by atoms with Gasteiger partial charge in [0.15, 0.2) is 0 Å². The van der Waals surface area contributed by atoms with E-state index in [-0.39, 0.29) is 30.2 Å². The number of anilines is 1. The molecular formula is C40H45N7O3. The minimum absolute atomic E-state index is 0.102. The van der Waals surface area contributed by atoms with E-state index < -0.39 is 0 Å². The molecule has 3 aliphatic rings. The molecule has 258 valence electrons. The van der Waals surface area contributed by atoms with Crippen LogP contribution in [-0.4, -0.2) is 90.8 Å². The zero-order chi connectivity index (χ0) is 34.0. The topological polar surface area (TPSA) is 125 Å². The summed E-state index contributed by atoms with van der Waals surface area (Å²) in [5, 5.41) is 20.0. The predicted molar refractivity (Wildman–Crippen MR) is 194 cm³/mol. The number of hydrogen-bond acceptors (Lipinski definition) is 7. The summed E-state index contributed by atoms with van der Waals surface area (Å²) >= 11 is 0. The Hall–Kier alpha value is -4.77. The highest BCUT2D eigenvalue weighted by molar-refractivity contribution is 5.84. The van der Waals surface area contributed by atoms with Gasteiger partial charge in [-0.25, -0.2) is 9.97 Å². The van der Waals surface area contributed by atoms with Crippen LogP contribution in [0.3, 0.4) is 0 Å². The second-order valence-electron chi connectivity index (χ2n) is 13.9. The molecule has 8 rings (SSSR count). The van der Waals surface area contributed by atoms with Gasteiger partial charge >= 0.3 is 0 Å². The highest BCUT2D eigenvalue weighted by atomic mass is 16.3. The van der Waals surface area contributed by atoms with Gasteiger partial charge in [-0.15, -0.1) is 0 Å². The molecule has 0 spiro atoms. The molecule has 0 aliphatic carbocycles. The van der Waals surface area contributed by atoms with Crippen molar-refractivity contribution in [1.29, 1.82) is 0 Å². The summed E-state index contributed by atoms with van der Waals surface area (Å²) in [4.78, 5) is 37.1. The Kier molecular flexibility index (Phi) is 9.23. The first-order valence-corrected chi connectivity index (χ1v) is 18.0. The number of amides is 1. The minimum atomic E-state index is -0.368. The third-order valence-electron chi connectivity index (χ3n) is 10.7. The van der Waals surface area contributed by atoms with Crippen LogP contribution < -0.4 is 4.90 Å². The summed E-state index contributed by atoms with van der Waals surface area (Å²) < 4.78 is 0. The fourth-order valence-electron chi connectivity index (χ4n) is 7.79. The molecule has 3 aromatic carbocycles. The van der Waals surface area contributed by atoms with E-state index in [0.29, 0.717) is 32.5 Å². The molecule has 10 heteroatoms. The van der Waals surface area contributed by atoms with Gasteiger partial charge in [0, 0.05) is 32.7 Å². The number of aliphatic hydroxyl groups excluding tert-OH is 2. The van der Waals surface area contributed by atoms with Crippen molar-refractivity contribution in [2.45, 2.75) is 62.8 Å². The van der Waals surface area contributed by atoms with Crippen LogP contribution in [0.1, 0.15) is 62.0 Å². The van der Waals surface area contributed by atoms with E-state index in [2.05, 4.69) is 73.3 Å². The number of imidazole rings is 2. The van der Waals surface area contributed by atoms with E-state index in [1.165, 1.54) is 0 Å². The summed E-state index contributed by atoms with van der Waals surface area (Å²) in [6.45, 7) is 3.73. The zero-order valence-electron chi connectivity index (χ0n) is 28.3. The number of hydrogen-bond donors (Lipinski definition) is 4. The van der Waals surface area contributed by atoms with E-state index in [1.807, 2.05) is 47.6 Å². The van der Waals surface area contributed by atoms with Crippen molar-refractivity contribution in [3.8, 4) is 33.6 Å². The van der Waals surface area contributed by atoms with Crippen molar-refractivity contribution in [3.63, 3.8) is 0 Å². The number of aromatic amines is 2. The van der Waals surface area contributed by atoms with Gasteiger partial charge in [-0.2, -0.15) is 0 Å². The largest absolute Gasteiger partial charge is 0.393 e. The van der Waals surface area contributed by atoms with Gasteiger partial charge in [0.2, 0.25) is 11.9 Å². The first-order valence-electron chi connectivity index (χ1n) is 18.0. The number of benzene rings is 3. The Morgan fingerprint density at radius 2 is 1.22 bits per heavy atom. The quantitative estimate of drug-likeness (QED) is 0.161. The van der Waals surface area contributed by atoms with Crippen LogP contribution in [0.25, 0.3) is 33.6 Å². The van der Waals surface area contributed by atoms with Gasteiger partial charge in [-0.3, -0.25) is 9.69 Å². The van der Waals surface area contributed by atoms with Gasteiger partial charge in [-0.05, 0) is 66.3 Å². The van der Waals surface area contributed by atoms with E-state index in [9.17, 15) is 15.0 Å². The maximum atomic E-state index is 14.3. The summed E-state index contributed by atoms with van der Waals surface area (Å²) in [6, 6.07) is 26.6. The molecule has 2 atom stereocenters. The standard InChI is InChI=1S/C40H45N7O3/c48-32-16-21-45(22-17-32)37(31-5-2-1-3-6-31)39(50)47-20-4-7-36(47)38-41-25-34(43-38)29-12-8-27(9-13-29)28-10-14-30(15-11-28)35-26-42-40(44-35)46-23-18-33(49)19-24-46/h1-3,5-6,8-15,25-26,32-33,36-37,48-49H,4,7,16-24H2,(H,41,43)(H,42,44). The Balaban J connectivity index is 0.947. The number of rotatable bonds is 8. The van der Waals surface area contributed by atoms with Crippen LogP contribution in [0.15, 0.2) is 91.3 Å². The molecule has 2 aromatic heterocycles. The Morgan fingerprint density at radius 3 is 1.86 bits per heavy atom. The predicted octanol–water partition coefficient (Wildman–Crippen LogP) is 5.96. The Bertz CT molecular complexity index is 1870. The molecule has 1 amide bonds. The number of piperidine rings is 2. The fourth-order valence-corrected chi connectivity index (χ4v) is 7.79. The smallest absolute Gasteiger partial charge is 0.245 e. The first-order chi connectivity index (χ1) is 24.5. The molecule has 3 saturated heterocycles. The number of nitrogens with zero attached hydrogens (tertiary/aromatic N) is 5. The summed E-state index contributed by atoms with van der Waals surface area (Å²) in [6.07, 6.45) is 7.98. The number of likely N-dealkylation sites (tertiary alicyclic amines) is 2. The SMILES string of the molecule is O=C(C(c1ccccc1)N1CCC(O)CC1)N1CCCC1c1ncc(-c2ccc(-c3ccc(-c4cnc(N5CCC(O)CC5)[nH]4)cc3)cc2)[nH]1. The van der Waals surface area contributed by atoms with Crippen LogP contribution in [-0.2, 0) is 4.79 Å². The van der Waals surface area contributed by atoms with E-state index in [0.717, 1.165) is 89.8 Å². The van der Waals surface area contributed by atoms with Crippen LogP contribution in [0.5, 0.6) is 0 Å². The van der Waals surface area contributed by atoms with Gasteiger partial charge in [0.05, 0.1) is 42.0 Å². The molecule has 0 bridgehead atoms. The summed E-state index contributed by atoms with van der Waals surface area (Å²) in [5.74, 6) is 1.79. The molecular weight excluding hydrogens is 626 g/mol. The van der Waals surface area contributed by atoms with E-state index in [4.69, 9.17) is 4.98 Å². The van der Waals surface area contributed by atoms with Crippen molar-refractivity contribution < 1.29 is 15.0 Å². The number of aliphatic hydroxyl groups is 2. The highest BCUT2D eigenvalue weighted by Gasteiger charge is 2.39. The molecule has 3 fully saturated rings. The number of H-pyrrole nitrogens is 2. The molecule has 4 N–H and O–H groups in total. The van der Waals surface area contributed by atoms with Crippen LogP contribution in [0.4, 0.5) is 5.95 Å². The molecule has 0 saturated carbocycles.